The number of amides is 1. The van der Waals surface area contributed by atoms with Gasteiger partial charge in [-0.15, -0.1) is 0 Å². The van der Waals surface area contributed by atoms with Gasteiger partial charge in [-0.1, -0.05) is 83.9 Å². The van der Waals surface area contributed by atoms with Crippen LogP contribution in [-0.4, -0.2) is 36.6 Å². The third kappa shape index (κ3) is 9.22. The molecule has 0 fully saturated rings. The number of carbonyl (C=O) groups excluding carboxylic acids is 1. The summed E-state index contributed by atoms with van der Waals surface area (Å²) < 4.78 is 39.7. The normalized spacial score (nSPS) is 16.3. The van der Waals surface area contributed by atoms with E-state index < -0.39 is 11.9 Å². The smallest absolute Gasteiger partial charge is 0.237 e. The Balaban J connectivity index is 0.964. The molecule has 0 saturated carbocycles. The van der Waals surface area contributed by atoms with Crippen LogP contribution in [-0.2, 0) is 37.3 Å². The van der Waals surface area contributed by atoms with Gasteiger partial charge < -0.3 is 24.3 Å². The molecular weight excluding hydrogens is 800 g/mol. The molecule has 0 bridgehead atoms. The van der Waals surface area contributed by atoms with Crippen molar-refractivity contribution < 1.29 is 28.1 Å². The highest BCUT2D eigenvalue weighted by atomic mass is 35.5. The zero-order valence-corrected chi connectivity index (χ0v) is 34.6. The van der Waals surface area contributed by atoms with Gasteiger partial charge in [-0.05, 0) is 119 Å². The SMILES string of the molecule is COc1cccc(F)c1CN1Cc2cc3c(cc2CC1C(=O)NC(C)Cc1ccc(-c2ccc(C#N)cc2)cc1)OCC(c1ccc(OCc2ccc(Cl)c(Cl)c2)cc1)O3. The van der Waals surface area contributed by atoms with E-state index in [0.717, 1.165) is 38.9 Å². The van der Waals surface area contributed by atoms with Gasteiger partial charge in [0.25, 0.3) is 0 Å². The Morgan fingerprint density at radius 2 is 1.62 bits per heavy atom. The molecule has 60 heavy (non-hydrogen) atoms. The summed E-state index contributed by atoms with van der Waals surface area (Å²) in [6.45, 7) is 3.18. The van der Waals surface area contributed by atoms with Crippen molar-refractivity contribution in [1.29, 1.82) is 5.26 Å². The van der Waals surface area contributed by atoms with Gasteiger partial charge in [0, 0.05) is 24.7 Å². The molecule has 0 aromatic heterocycles. The van der Waals surface area contributed by atoms with Crippen LogP contribution in [0.3, 0.4) is 0 Å². The molecule has 0 saturated heterocycles. The molecule has 8 rings (SSSR count). The van der Waals surface area contributed by atoms with Crippen LogP contribution in [0.15, 0.2) is 121 Å². The highest BCUT2D eigenvalue weighted by Gasteiger charge is 2.35. The summed E-state index contributed by atoms with van der Waals surface area (Å²) in [6, 6.07) is 38.9. The Morgan fingerprint density at radius 3 is 2.33 bits per heavy atom. The number of nitrogens with zero attached hydrogens (tertiary/aromatic N) is 2. The minimum Gasteiger partial charge on any atom is -0.496 e. The quantitative estimate of drug-likeness (QED) is 0.131. The first-order valence-corrected chi connectivity index (χ1v) is 20.5. The fraction of sp³-hybridized carbons (Fsp3) is 0.224. The van der Waals surface area contributed by atoms with Crippen molar-refractivity contribution >= 4 is 29.1 Å². The molecule has 3 atom stereocenters. The zero-order valence-electron chi connectivity index (χ0n) is 33.1. The van der Waals surface area contributed by atoms with Gasteiger partial charge in [0.05, 0.1) is 34.8 Å². The molecule has 8 nitrogen and oxygen atoms in total. The molecule has 6 aromatic rings. The highest BCUT2D eigenvalue weighted by Crippen LogP contribution is 2.41. The zero-order chi connectivity index (χ0) is 41.8. The molecule has 3 unspecified atom stereocenters. The molecule has 1 amide bonds. The summed E-state index contributed by atoms with van der Waals surface area (Å²) >= 11 is 12.2. The van der Waals surface area contributed by atoms with Crippen molar-refractivity contribution in [2.75, 3.05) is 13.7 Å². The molecule has 0 aliphatic carbocycles. The summed E-state index contributed by atoms with van der Waals surface area (Å²) in [6.07, 6.45) is 0.667. The number of halogens is 3. The maximum Gasteiger partial charge on any atom is 0.237 e. The first-order valence-electron chi connectivity index (χ1n) is 19.7. The van der Waals surface area contributed by atoms with Gasteiger partial charge in [-0.2, -0.15) is 5.26 Å². The molecule has 2 heterocycles. The predicted octanol–water partition coefficient (Wildman–Crippen LogP) is 10.4. The van der Waals surface area contributed by atoms with E-state index in [1.807, 2.05) is 78.6 Å². The number of methoxy groups -OCH3 is 1. The second-order valence-electron chi connectivity index (χ2n) is 15.1. The Labute approximate surface area is 359 Å². The van der Waals surface area contributed by atoms with Crippen LogP contribution in [0.2, 0.25) is 10.0 Å². The number of benzene rings is 6. The lowest BCUT2D eigenvalue weighted by molar-refractivity contribution is -0.128. The molecule has 2 aliphatic heterocycles. The lowest BCUT2D eigenvalue weighted by Gasteiger charge is -2.38. The van der Waals surface area contributed by atoms with E-state index in [-0.39, 0.29) is 24.6 Å². The van der Waals surface area contributed by atoms with Gasteiger partial charge in [0.2, 0.25) is 5.91 Å². The van der Waals surface area contributed by atoms with E-state index >= 15 is 4.39 Å². The molecular formula is C49H42Cl2FN3O5. The fourth-order valence-electron chi connectivity index (χ4n) is 7.77. The van der Waals surface area contributed by atoms with E-state index in [9.17, 15) is 4.79 Å². The summed E-state index contributed by atoms with van der Waals surface area (Å²) in [5.41, 5.74) is 7.94. The van der Waals surface area contributed by atoms with E-state index in [1.54, 1.807) is 24.3 Å². The first-order chi connectivity index (χ1) is 29.1. The van der Waals surface area contributed by atoms with Crippen molar-refractivity contribution in [3.63, 3.8) is 0 Å². The third-order valence-electron chi connectivity index (χ3n) is 11.0. The van der Waals surface area contributed by atoms with Gasteiger partial charge in [0.15, 0.2) is 17.6 Å². The average Bonchev–Trinajstić information content (AvgIpc) is 3.26. The summed E-state index contributed by atoms with van der Waals surface area (Å²) in [5, 5.41) is 13.4. The first kappa shape index (κ1) is 40.7. The number of carbonyl (C=O) groups is 1. The number of hydrogen-bond donors (Lipinski definition) is 1. The lowest BCUT2D eigenvalue weighted by Crippen LogP contribution is -2.52. The summed E-state index contributed by atoms with van der Waals surface area (Å²) in [5.74, 6) is 1.81. The minimum absolute atomic E-state index is 0.142. The van der Waals surface area contributed by atoms with E-state index in [2.05, 4.69) is 35.7 Å². The predicted molar refractivity (Wildman–Crippen MR) is 230 cm³/mol. The Bertz CT molecular complexity index is 2540. The number of fused-ring (bicyclic) bond motifs is 2. The average molecular weight is 843 g/mol. The third-order valence-corrected chi connectivity index (χ3v) is 11.7. The molecule has 0 spiro atoms. The van der Waals surface area contributed by atoms with Gasteiger partial charge in [-0.25, -0.2) is 4.39 Å². The van der Waals surface area contributed by atoms with Crippen LogP contribution in [0.5, 0.6) is 23.0 Å². The molecule has 0 radical (unpaired) electrons. The molecule has 11 heteroatoms. The largest absolute Gasteiger partial charge is 0.496 e. The number of rotatable bonds is 12. The van der Waals surface area contributed by atoms with Gasteiger partial charge in [0.1, 0.15) is 30.5 Å². The van der Waals surface area contributed by atoms with Crippen LogP contribution in [0, 0.1) is 17.1 Å². The number of hydrogen-bond acceptors (Lipinski definition) is 7. The van der Waals surface area contributed by atoms with Crippen LogP contribution in [0.1, 0.15) is 52.0 Å². The monoisotopic (exact) mass is 841 g/mol. The van der Waals surface area contributed by atoms with Crippen LogP contribution >= 0.6 is 23.2 Å². The van der Waals surface area contributed by atoms with Crippen molar-refractivity contribution in [3.05, 3.63) is 176 Å². The topological polar surface area (TPSA) is 93.1 Å². The van der Waals surface area contributed by atoms with Crippen molar-refractivity contribution in [2.45, 2.75) is 57.6 Å². The summed E-state index contributed by atoms with van der Waals surface area (Å²) in [7, 11) is 1.52. The van der Waals surface area contributed by atoms with E-state index in [0.29, 0.717) is 76.8 Å². The number of nitrogens with one attached hydrogen (secondary N) is 1. The van der Waals surface area contributed by atoms with Gasteiger partial charge in [-0.3, -0.25) is 9.69 Å². The lowest BCUT2D eigenvalue weighted by atomic mass is 9.91. The number of nitriles is 1. The second-order valence-corrected chi connectivity index (χ2v) is 16.0. The van der Waals surface area contributed by atoms with Crippen molar-refractivity contribution in [3.8, 4) is 40.2 Å². The maximum absolute atomic E-state index is 15.4. The van der Waals surface area contributed by atoms with Crippen molar-refractivity contribution in [1.82, 2.24) is 10.2 Å². The Hall–Kier alpha value is -6.05. The Kier molecular flexibility index (Phi) is 12.3. The molecule has 6 aromatic carbocycles. The standard InChI is InChI=1S/C49H42Cl2FN3O5/c1-30(20-31-6-11-34(12-7-31)35-13-8-32(25-53)9-14-35)54-49(56)44-22-37-23-46-47(24-38(37)26-55(44)27-40-43(52)4-3-5-45(40)57-2)60-48(29-59-46)36-15-17-39(18-16-36)58-28-33-10-19-41(50)42(51)21-33/h3-19,21,23-24,30,44,48H,20,22,26-29H2,1-2H3,(H,54,56). The molecule has 2 aliphatic rings. The van der Waals surface area contributed by atoms with Crippen LogP contribution in [0.25, 0.3) is 11.1 Å². The number of ether oxygens (including phenoxy) is 4. The van der Waals surface area contributed by atoms with Gasteiger partial charge >= 0.3 is 0 Å². The molecule has 304 valence electrons. The van der Waals surface area contributed by atoms with E-state index in [4.69, 9.17) is 47.4 Å². The molecule has 1 N–H and O–H groups in total. The van der Waals surface area contributed by atoms with Crippen molar-refractivity contribution in [2.24, 2.45) is 0 Å². The van der Waals surface area contributed by atoms with Crippen LogP contribution < -0.4 is 24.3 Å². The Morgan fingerprint density at radius 1 is 0.900 bits per heavy atom. The summed E-state index contributed by atoms with van der Waals surface area (Å²) in [4.78, 5) is 16.2. The highest BCUT2D eigenvalue weighted by molar-refractivity contribution is 6.42. The fourth-order valence-corrected chi connectivity index (χ4v) is 8.09. The van der Waals surface area contributed by atoms with Crippen LogP contribution in [0.4, 0.5) is 4.39 Å². The van der Waals surface area contributed by atoms with E-state index in [1.165, 1.54) is 13.2 Å². The second kappa shape index (κ2) is 18.1. The minimum atomic E-state index is -0.587. The maximum atomic E-state index is 15.4.